The van der Waals surface area contributed by atoms with E-state index in [9.17, 15) is 5.11 Å². The molecule has 1 N–H and O–H groups in total. The number of phenols is 1. The average Bonchev–Trinajstić information content (AvgIpc) is 2.45. The fraction of sp³-hybridized carbons (Fsp3) is 0.111. The lowest BCUT2D eigenvalue weighted by Gasteiger charge is -1.92. The third kappa shape index (κ3) is 1.59. The summed E-state index contributed by atoms with van der Waals surface area (Å²) in [5.41, 5.74) is 0. The van der Waals surface area contributed by atoms with Crippen molar-refractivity contribution >= 4 is 59.9 Å². The molecule has 0 fully saturated rings. The Morgan fingerprint density at radius 1 is 1.46 bits per heavy atom. The number of hydrogen-bond acceptors (Lipinski definition) is 2. The summed E-state index contributed by atoms with van der Waals surface area (Å²) in [6.07, 6.45) is 0. The molecule has 0 saturated heterocycles. The fourth-order valence-corrected chi connectivity index (χ4v) is 4.46. The highest BCUT2D eigenvalue weighted by atomic mass is 127. The molecular weight excluding hydrogens is 363 g/mol. The average molecular weight is 369 g/mol. The summed E-state index contributed by atoms with van der Waals surface area (Å²) in [5, 5.41) is 11.6. The predicted molar refractivity (Wildman–Crippen MR) is 68.8 cm³/mol. The van der Waals surface area contributed by atoms with Crippen LogP contribution in [0.25, 0.3) is 10.1 Å². The Morgan fingerprint density at radius 3 is 2.85 bits per heavy atom. The molecule has 0 aliphatic heterocycles. The Labute approximate surface area is 102 Å². The highest BCUT2D eigenvalue weighted by Gasteiger charge is 2.10. The summed E-state index contributed by atoms with van der Waals surface area (Å²) in [6.45, 7) is 0. The first-order valence-corrected chi connectivity index (χ1v) is 6.70. The van der Waals surface area contributed by atoms with Crippen LogP contribution in [0.2, 0.25) is 0 Å². The van der Waals surface area contributed by atoms with Crippen LogP contribution >= 0.6 is 49.9 Å². The van der Waals surface area contributed by atoms with Gasteiger partial charge in [0.15, 0.2) is 0 Å². The van der Waals surface area contributed by atoms with Crippen molar-refractivity contribution in [3.05, 3.63) is 26.6 Å². The lowest BCUT2D eigenvalue weighted by atomic mass is 10.2. The van der Waals surface area contributed by atoms with E-state index in [-0.39, 0.29) is 0 Å². The quantitative estimate of drug-likeness (QED) is 0.593. The van der Waals surface area contributed by atoms with E-state index in [1.807, 2.05) is 12.1 Å². The van der Waals surface area contributed by atoms with Crippen LogP contribution in [0.3, 0.4) is 0 Å². The summed E-state index contributed by atoms with van der Waals surface area (Å²) in [6, 6.07) is 5.65. The lowest BCUT2D eigenvalue weighted by Crippen LogP contribution is -1.72. The predicted octanol–water partition coefficient (Wildman–Crippen LogP) is 4.11. The summed E-state index contributed by atoms with van der Waals surface area (Å²) in [4.78, 5) is 1.28. The van der Waals surface area contributed by atoms with Crippen molar-refractivity contribution in [2.75, 3.05) is 0 Å². The summed E-state index contributed by atoms with van der Waals surface area (Å²) < 4.78 is 2.23. The number of hydrogen-bond donors (Lipinski definition) is 1. The van der Waals surface area contributed by atoms with Crippen LogP contribution in [0.4, 0.5) is 0 Å². The molecule has 0 bridgehead atoms. The van der Waals surface area contributed by atoms with E-state index < -0.39 is 0 Å². The topological polar surface area (TPSA) is 20.2 Å². The molecule has 0 amide bonds. The van der Waals surface area contributed by atoms with E-state index in [2.05, 4.69) is 38.5 Å². The van der Waals surface area contributed by atoms with Crippen LogP contribution in [-0.2, 0) is 5.33 Å². The number of alkyl halides is 1. The second-order valence-electron chi connectivity index (χ2n) is 2.63. The zero-order chi connectivity index (χ0) is 9.42. The van der Waals surface area contributed by atoms with Gasteiger partial charge in [0.1, 0.15) is 5.75 Å². The third-order valence-corrected chi connectivity index (χ3v) is 5.58. The largest absolute Gasteiger partial charge is 0.506 e. The van der Waals surface area contributed by atoms with E-state index in [1.54, 1.807) is 17.4 Å². The van der Waals surface area contributed by atoms with Crippen molar-refractivity contribution in [3.8, 4) is 5.75 Å². The molecule has 2 rings (SSSR count). The molecular formula is C9H6BrIOS. The van der Waals surface area contributed by atoms with Crippen molar-refractivity contribution in [1.82, 2.24) is 0 Å². The second-order valence-corrected chi connectivity index (χ2v) is 5.37. The van der Waals surface area contributed by atoms with Crippen molar-refractivity contribution in [2.45, 2.75) is 5.33 Å². The molecule has 0 aliphatic carbocycles. The molecule has 0 spiro atoms. The number of halogens is 2. The first-order valence-electron chi connectivity index (χ1n) is 3.69. The lowest BCUT2D eigenvalue weighted by molar-refractivity contribution is 0.482. The van der Waals surface area contributed by atoms with Crippen molar-refractivity contribution in [2.24, 2.45) is 0 Å². The Bertz CT molecular complexity index is 452. The van der Waals surface area contributed by atoms with Gasteiger partial charge in [-0.1, -0.05) is 28.1 Å². The van der Waals surface area contributed by atoms with Gasteiger partial charge in [0.25, 0.3) is 0 Å². The summed E-state index contributed by atoms with van der Waals surface area (Å²) in [7, 11) is 0. The molecule has 1 nitrogen and oxygen atoms in total. The molecule has 0 unspecified atom stereocenters. The van der Waals surface area contributed by atoms with Crippen LogP contribution in [-0.4, -0.2) is 5.11 Å². The van der Waals surface area contributed by atoms with E-state index in [1.165, 1.54) is 8.45 Å². The van der Waals surface area contributed by atoms with Crippen molar-refractivity contribution in [3.63, 3.8) is 0 Å². The van der Waals surface area contributed by atoms with Gasteiger partial charge in [-0.3, -0.25) is 0 Å². The molecule has 1 aromatic heterocycles. The standard InChI is InChI=1S/C9H6BrIOS/c10-4-7-8(11)5-2-1-3-6(12)9(5)13-7/h1-3,12H,4H2. The Balaban J connectivity index is 2.83. The van der Waals surface area contributed by atoms with Crippen LogP contribution in [0.5, 0.6) is 5.75 Å². The maximum atomic E-state index is 9.60. The van der Waals surface area contributed by atoms with Gasteiger partial charge in [-0.15, -0.1) is 11.3 Å². The molecule has 0 atom stereocenters. The number of phenolic OH excluding ortho intramolecular Hbond substituents is 1. The number of aromatic hydroxyl groups is 1. The van der Waals surface area contributed by atoms with Crippen molar-refractivity contribution in [1.29, 1.82) is 0 Å². The summed E-state index contributed by atoms with van der Waals surface area (Å²) >= 11 is 7.40. The highest BCUT2D eigenvalue weighted by molar-refractivity contribution is 14.1. The minimum Gasteiger partial charge on any atom is -0.506 e. The van der Waals surface area contributed by atoms with Gasteiger partial charge in [0.2, 0.25) is 0 Å². The molecule has 0 radical (unpaired) electrons. The van der Waals surface area contributed by atoms with E-state index in [4.69, 9.17) is 0 Å². The smallest absolute Gasteiger partial charge is 0.133 e. The van der Waals surface area contributed by atoms with Gasteiger partial charge in [0.05, 0.1) is 4.70 Å². The molecule has 0 saturated carbocycles. The molecule has 1 aromatic carbocycles. The first-order chi connectivity index (χ1) is 6.24. The fourth-order valence-electron chi connectivity index (χ4n) is 1.21. The van der Waals surface area contributed by atoms with Gasteiger partial charge in [-0.2, -0.15) is 0 Å². The number of rotatable bonds is 1. The number of thiophene rings is 1. The SMILES string of the molecule is Oc1cccc2c(I)c(CBr)sc12. The van der Waals surface area contributed by atoms with Gasteiger partial charge in [0, 0.05) is 19.2 Å². The molecule has 1 heterocycles. The first kappa shape index (κ1) is 9.73. The van der Waals surface area contributed by atoms with Crippen LogP contribution in [0, 0.1) is 3.57 Å². The zero-order valence-corrected chi connectivity index (χ0v) is 11.1. The molecule has 2 aromatic rings. The molecule has 68 valence electrons. The van der Waals surface area contributed by atoms with Gasteiger partial charge >= 0.3 is 0 Å². The Hall–Kier alpha value is 0.190. The van der Waals surface area contributed by atoms with Gasteiger partial charge in [-0.25, -0.2) is 0 Å². The minimum atomic E-state index is 0.382. The van der Waals surface area contributed by atoms with E-state index in [0.717, 1.165) is 15.4 Å². The Morgan fingerprint density at radius 2 is 2.23 bits per heavy atom. The van der Waals surface area contributed by atoms with Gasteiger partial charge in [-0.05, 0) is 28.7 Å². The molecule has 0 aliphatic rings. The van der Waals surface area contributed by atoms with Crippen molar-refractivity contribution < 1.29 is 5.11 Å². The van der Waals surface area contributed by atoms with E-state index >= 15 is 0 Å². The maximum absolute atomic E-state index is 9.60. The second kappa shape index (κ2) is 3.74. The Kier molecular flexibility index (Phi) is 2.80. The number of benzene rings is 1. The minimum absolute atomic E-state index is 0.382. The van der Waals surface area contributed by atoms with E-state index in [0.29, 0.717) is 5.75 Å². The van der Waals surface area contributed by atoms with Crippen LogP contribution in [0.1, 0.15) is 4.88 Å². The zero-order valence-electron chi connectivity index (χ0n) is 6.55. The molecule has 4 heteroatoms. The summed E-state index contributed by atoms with van der Waals surface area (Å²) in [5.74, 6) is 0.382. The highest BCUT2D eigenvalue weighted by Crippen LogP contribution is 2.38. The number of fused-ring (bicyclic) bond motifs is 1. The van der Waals surface area contributed by atoms with Gasteiger partial charge < -0.3 is 5.11 Å². The monoisotopic (exact) mass is 368 g/mol. The maximum Gasteiger partial charge on any atom is 0.133 e. The third-order valence-electron chi connectivity index (χ3n) is 1.82. The normalized spacial score (nSPS) is 10.9. The van der Waals surface area contributed by atoms with Crippen LogP contribution < -0.4 is 0 Å². The molecule has 13 heavy (non-hydrogen) atoms. The van der Waals surface area contributed by atoms with Crippen LogP contribution in [0.15, 0.2) is 18.2 Å².